The van der Waals surface area contributed by atoms with Gasteiger partial charge in [-0.25, -0.2) is 0 Å². The standard InChI is InChI=1S/C14H14N.BrH.Mg/c1-11-3-7-13(8-4-11)15-14-9-5-12(2)6-10-14;;/h3-10H,1-2H3;1H;/q-1;;+2/p-1. The number of benzene rings is 2. The van der Waals surface area contributed by atoms with Crippen LogP contribution in [0.4, 0.5) is 11.4 Å². The van der Waals surface area contributed by atoms with E-state index in [1.807, 2.05) is 24.3 Å². The fraction of sp³-hybridized carbons (Fsp3) is 0.143. The molecule has 2 aromatic rings. The zero-order valence-corrected chi connectivity index (χ0v) is 13.2. The van der Waals surface area contributed by atoms with Gasteiger partial charge in [-0.05, 0) is 13.8 Å². The van der Waals surface area contributed by atoms with Gasteiger partial charge in [0.15, 0.2) is 0 Å². The number of aryl methyl sites for hydroxylation is 2. The number of halogens is 1. The van der Waals surface area contributed by atoms with Crippen molar-refractivity contribution in [2.45, 2.75) is 13.8 Å². The maximum atomic E-state index is 4.52. The van der Waals surface area contributed by atoms with Gasteiger partial charge in [-0.1, -0.05) is 59.7 Å². The summed E-state index contributed by atoms with van der Waals surface area (Å²) in [6, 6.07) is 16.5. The summed E-state index contributed by atoms with van der Waals surface area (Å²) in [7, 11) is 0. The van der Waals surface area contributed by atoms with Crippen LogP contribution >= 0.6 is 0 Å². The normalized spacial score (nSPS) is 8.82. The molecule has 0 amide bonds. The van der Waals surface area contributed by atoms with Crippen LogP contribution in [0.3, 0.4) is 0 Å². The van der Waals surface area contributed by atoms with Crippen LogP contribution in [0.1, 0.15) is 11.1 Å². The molecule has 0 atom stereocenters. The zero-order chi connectivity index (χ0) is 10.7. The van der Waals surface area contributed by atoms with Crippen molar-refractivity contribution in [1.82, 2.24) is 0 Å². The third kappa shape index (κ3) is 5.11. The molecule has 0 spiro atoms. The first-order chi connectivity index (χ1) is 7.24. The minimum Gasteiger partial charge on any atom is -1.00 e. The molecule has 0 bridgehead atoms. The molecule has 0 aliphatic rings. The van der Waals surface area contributed by atoms with Crippen LogP contribution in [0.5, 0.6) is 0 Å². The van der Waals surface area contributed by atoms with Gasteiger partial charge in [0, 0.05) is 0 Å². The van der Waals surface area contributed by atoms with Crippen molar-refractivity contribution in [3.8, 4) is 0 Å². The number of rotatable bonds is 2. The average molecular weight is 300 g/mol. The van der Waals surface area contributed by atoms with Crippen molar-refractivity contribution in [3.63, 3.8) is 0 Å². The predicted octanol–water partition coefficient (Wildman–Crippen LogP) is 1.26. The Hall–Kier alpha value is -0.514. The molecule has 0 aliphatic heterocycles. The molecule has 2 rings (SSSR count). The van der Waals surface area contributed by atoms with Crippen molar-refractivity contribution in [1.29, 1.82) is 0 Å². The van der Waals surface area contributed by atoms with Crippen molar-refractivity contribution >= 4 is 34.4 Å². The molecule has 0 radical (unpaired) electrons. The van der Waals surface area contributed by atoms with Gasteiger partial charge in [0.25, 0.3) is 0 Å². The number of hydrogen-bond donors (Lipinski definition) is 0. The maximum Gasteiger partial charge on any atom is 2.00 e. The van der Waals surface area contributed by atoms with E-state index < -0.39 is 0 Å². The summed E-state index contributed by atoms with van der Waals surface area (Å²) in [4.78, 5) is 0. The molecule has 0 fully saturated rings. The van der Waals surface area contributed by atoms with Crippen molar-refractivity contribution in [2.24, 2.45) is 0 Å². The predicted molar refractivity (Wildman–Crippen MR) is 70.8 cm³/mol. The largest absolute Gasteiger partial charge is 2.00 e. The Labute approximate surface area is 130 Å². The minimum atomic E-state index is 0. The van der Waals surface area contributed by atoms with E-state index in [0.29, 0.717) is 0 Å². The van der Waals surface area contributed by atoms with E-state index in [4.69, 9.17) is 0 Å². The molecule has 2 aromatic carbocycles. The molecule has 84 valence electrons. The third-order valence-corrected chi connectivity index (χ3v) is 2.33. The Bertz CT molecular complexity index is 393. The molecule has 17 heavy (non-hydrogen) atoms. The Morgan fingerprint density at radius 1 is 0.647 bits per heavy atom. The summed E-state index contributed by atoms with van der Waals surface area (Å²) in [6.07, 6.45) is 0. The van der Waals surface area contributed by atoms with E-state index in [9.17, 15) is 0 Å². The molecule has 0 aromatic heterocycles. The molecular formula is C14H14BrMgN. The first-order valence-corrected chi connectivity index (χ1v) is 5.09. The molecule has 0 N–H and O–H groups in total. The van der Waals surface area contributed by atoms with Gasteiger partial charge in [0.2, 0.25) is 0 Å². The van der Waals surface area contributed by atoms with E-state index in [0.717, 1.165) is 11.4 Å². The van der Waals surface area contributed by atoms with Crippen LogP contribution in [0, 0.1) is 13.8 Å². The second-order valence-electron chi connectivity index (χ2n) is 3.78. The van der Waals surface area contributed by atoms with Crippen LogP contribution < -0.4 is 17.0 Å². The van der Waals surface area contributed by atoms with Crippen LogP contribution in [0.15, 0.2) is 48.5 Å². The molecule has 0 saturated heterocycles. The number of hydrogen-bond acceptors (Lipinski definition) is 0. The summed E-state index contributed by atoms with van der Waals surface area (Å²) < 4.78 is 0. The number of nitrogens with zero attached hydrogens (tertiary/aromatic N) is 1. The Balaban J connectivity index is 0.00000128. The molecule has 0 heterocycles. The molecular weight excluding hydrogens is 286 g/mol. The monoisotopic (exact) mass is 299 g/mol. The molecule has 3 heteroatoms. The SMILES string of the molecule is Cc1ccc([N-]c2ccc(C)cc2)cc1.[Br-].[Mg+2]. The first kappa shape index (κ1) is 16.5. The fourth-order valence-corrected chi connectivity index (χ4v) is 1.39. The Morgan fingerprint density at radius 2 is 0.941 bits per heavy atom. The van der Waals surface area contributed by atoms with Crippen LogP contribution in [-0.4, -0.2) is 23.1 Å². The van der Waals surface area contributed by atoms with Gasteiger partial charge in [0.05, 0.1) is 0 Å². The van der Waals surface area contributed by atoms with Crippen molar-refractivity contribution < 1.29 is 17.0 Å². The second kappa shape index (κ2) is 7.74. The van der Waals surface area contributed by atoms with Gasteiger partial charge < -0.3 is 22.3 Å². The minimum absolute atomic E-state index is 0. The van der Waals surface area contributed by atoms with E-state index in [2.05, 4.69) is 43.4 Å². The topological polar surface area (TPSA) is 14.1 Å². The molecule has 1 nitrogen and oxygen atoms in total. The smallest absolute Gasteiger partial charge is 1.00 e. The summed E-state index contributed by atoms with van der Waals surface area (Å²) in [5.74, 6) is 0. The van der Waals surface area contributed by atoms with Gasteiger partial charge in [-0.2, -0.15) is 0 Å². The second-order valence-corrected chi connectivity index (χ2v) is 3.78. The summed E-state index contributed by atoms with van der Waals surface area (Å²) >= 11 is 0. The van der Waals surface area contributed by atoms with Gasteiger partial charge >= 0.3 is 23.1 Å². The van der Waals surface area contributed by atoms with Gasteiger partial charge in [-0.3, -0.25) is 0 Å². The summed E-state index contributed by atoms with van der Waals surface area (Å²) in [5.41, 5.74) is 4.53. The molecule has 0 unspecified atom stereocenters. The summed E-state index contributed by atoms with van der Waals surface area (Å²) in [6.45, 7) is 4.16. The average Bonchev–Trinajstić information content (AvgIpc) is 2.25. The van der Waals surface area contributed by atoms with Gasteiger partial charge in [-0.15, -0.1) is 11.4 Å². The van der Waals surface area contributed by atoms with E-state index in [1.165, 1.54) is 11.1 Å². The zero-order valence-electron chi connectivity index (χ0n) is 10.2. The van der Waals surface area contributed by atoms with Crippen molar-refractivity contribution in [3.05, 3.63) is 65.0 Å². The Kier molecular flexibility index (Phi) is 7.51. The van der Waals surface area contributed by atoms with E-state index >= 15 is 0 Å². The van der Waals surface area contributed by atoms with Crippen LogP contribution in [0.25, 0.3) is 5.32 Å². The Morgan fingerprint density at radius 3 is 1.24 bits per heavy atom. The van der Waals surface area contributed by atoms with Gasteiger partial charge in [0.1, 0.15) is 0 Å². The quantitative estimate of drug-likeness (QED) is 0.742. The molecule has 0 saturated carbocycles. The van der Waals surface area contributed by atoms with Crippen molar-refractivity contribution in [2.75, 3.05) is 0 Å². The van der Waals surface area contributed by atoms with E-state index in [-0.39, 0.29) is 40.0 Å². The third-order valence-electron chi connectivity index (χ3n) is 2.33. The van der Waals surface area contributed by atoms with E-state index in [1.54, 1.807) is 0 Å². The fourth-order valence-electron chi connectivity index (χ4n) is 1.39. The maximum absolute atomic E-state index is 4.52. The van der Waals surface area contributed by atoms with Crippen LogP contribution in [-0.2, 0) is 0 Å². The summed E-state index contributed by atoms with van der Waals surface area (Å²) in [5, 5.41) is 4.52. The van der Waals surface area contributed by atoms with Crippen LogP contribution in [0.2, 0.25) is 0 Å². The first-order valence-electron chi connectivity index (χ1n) is 5.09. The molecule has 0 aliphatic carbocycles.